The number of nitrogens with zero attached hydrogens (tertiary/aromatic N) is 2. The van der Waals surface area contributed by atoms with Gasteiger partial charge in [-0.1, -0.05) is 12.2 Å². The molecule has 1 aliphatic carbocycles. The first-order valence-electron chi connectivity index (χ1n) is 4.40. The second-order valence-electron chi connectivity index (χ2n) is 2.94. The molecule has 0 aromatic carbocycles. The van der Waals surface area contributed by atoms with Gasteiger partial charge in [-0.3, -0.25) is 0 Å². The minimum atomic E-state index is -0.465. The summed E-state index contributed by atoms with van der Waals surface area (Å²) in [6.45, 7) is 0. The topological polar surface area (TPSA) is 76.8 Å². The Balaban J connectivity index is 2.90. The van der Waals surface area contributed by atoms with Crippen LogP contribution in [0.4, 0.5) is 0 Å². The van der Waals surface area contributed by atoms with Crippen molar-refractivity contribution in [2.24, 2.45) is 21.5 Å². The van der Waals surface area contributed by atoms with Gasteiger partial charge in [-0.2, -0.15) is 0 Å². The smallest absolute Gasteiger partial charge is 0.170 e. The lowest BCUT2D eigenvalue weighted by Crippen LogP contribution is -2.16. The van der Waals surface area contributed by atoms with Gasteiger partial charge < -0.3 is 11.5 Å². The normalized spacial score (nSPS) is 20.0. The van der Waals surface area contributed by atoms with Crippen molar-refractivity contribution < 1.29 is 0 Å². The van der Waals surface area contributed by atoms with Crippen LogP contribution in [0.25, 0.3) is 0 Å². The molecule has 0 fully saturated rings. The van der Waals surface area contributed by atoms with Gasteiger partial charge in [0, 0.05) is 0 Å². The van der Waals surface area contributed by atoms with Gasteiger partial charge in [-0.15, -0.1) is 25.3 Å². The SMILES string of the molecule is NC(S)=NC(N=C(N)S)C1=CCC[C]=C1. The van der Waals surface area contributed by atoms with Gasteiger partial charge in [-0.05, 0) is 24.5 Å². The van der Waals surface area contributed by atoms with Gasteiger partial charge >= 0.3 is 0 Å². The fourth-order valence-electron chi connectivity index (χ4n) is 1.18. The predicted molar refractivity (Wildman–Crippen MR) is 70.1 cm³/mol. The van der Waals surface area contributed by atoms with E-state index in [4.69, 9.17) is 11.5 Å². The van der Waals surface area contributed by atoms with Gasteiger partial charge in [0.2, 0.25) is 0 Å². The molecule has 0 aromatic rings. The van der Waals surface area contributed by atoms with Crippen LogP contribution in [0.3, 0.4) is 0 Å². The zero-order valence-electron chi connectivity index (χ0n) is 8.09. The Morgan fingerprint density at radius 3 is 2.33 bits per heavy atom. The summed E-state index contributed by atoms with van der Waals surface area (Å²) in [5.41, 5.74) is 11.7. The molecule has 15 heavy (non-hydrogen) atoms. The van der Waals surface area contributed by atoms with Crippen molar-refractivity contribution in [3.63, 3.8) is 0 Å². The largest absolute Gasteiger partial charge is 0.379 e. The number of allylic oxidation sites excluding steroid dienone is 2. The monoisotopic (exact) mass is 241 g/mol. The number of hydrogen-bond acceptors (Lipinski definition) is 2. The predicted octanol–water partition coefficient (Wildman–Crippen LogP) is 0.881. The first-order valence-corrected chi connectivity index (χ1v) is 5.30. The summed E-state index contributed by atoms with van der Waals surface area (Å²) < 4.78 is 0. The average Bonchev–Trinajstić information content (AvgIpc) is 2.17. The zero-order chi connectivity index (χ0) is 11.3. The maximum atomic E-state index is 5.39. The van der Waals surface area contributed by atoms with Gasteiger partial charge in [0.1, 0.15) is 0 Å². The molecular formula is C9H13N4S2. The van der Waals surface area contributed by atoms with Gasteiger partial charge in [0.25, 0.3) is 0 Å². The lowest BCUT2D eigenvalue weighted by molar-refractivity contribution is 0.820. The van der Waals surface area contributed by atoms with Crippen LogP contribution in [-0.2, 0) is 0 Å². The highest BCUT2D eigenvalue weighted by Gasteiger charge is 2.11. The molecule has 1 aliphatic rings. The number of thiol groups is 2. The molecule has 81 valence electrons. The summed E-state index contributed by atoms with van der Waals surface area (Å²) in [5.74, 6) is 0. The third-order valence-electron chi connectivity index (χ3n) is 1.74. The fourth-order valence-corrected chi connectivity index (χ4v) is 1.40. The third kappa shape index (κ3) is 4.44. The molecule has 0 amide bonds. The molecule has 1 radical (unpaired) electrons. The molecule has 0 saturated carbocycles. The van der Waals surface area contributed by atoms with Crippen LogP contribution in [0, 0.1) is 6.08 Å². The quantitative estimate of drug-likeness (QED) is 0.336. The van der Waals surface area contributed by atoms with E-state index in [0.717, 1.165) is 18.4 Å². The van der Waals surface area contributed by atoms with Crippen LogP contribution in [0.5, 0.6) is 0 Å². The van der Waals surface area contributed by atoms with Crippen molar-refractivity contribution in [3.05, 3.63) is 23.8 Å². The Hall–Kier alpha value is -0.880. The Labute approximate surface area is 100 Å². The van der Waals surface area contributed by atoms with Crippen molar-refractivity contribution in [2.45, 2.75) is 19.0 Å². The molecule has 0 bridgehead atoms. The zero-order valence-corrected chi connectivity index (χ0v) is 9.88. The molecule has 0 heterocycles. The Kier molecular flexibility index (Phi) is 4.77. The van der Waals surface area contributed by atoms with E-state index in [1.807, 2.05) is 12.2 Å². The summed E-state index contributed by atoms with van der Waals surface area (Å²) in [6, 6.07) is 0. The molecule has 4 N–H and O–H groups in total. The molecule has 4 nitrogen and oxygen atoms in total. The minimum absolute atomic E-state index is 0.165. The molecule has 0 saturated heterocycles. The first-order chi connectivity index (χ1) is 7.09. The minimum Gasteiger partial charge on any atom is -0.379 e. The van der Waals surface area contributed by atoms with E-state index in [2.05, 4.69) is 41.3 Å². The van der Waals surface area contributed by atoms with E-state index < -0.39 is 6.17 Å². The van der Waals surface area contributed by atoms with Crippen molar-refractivity contribution in [1.29, 1.82) is 0 Å². The molecule has 0 aliphatic heterocycles. The molecule has 0 unspecified atom stereocenters. The molecule has 0 atom stereocenters. The second kappa shape index (κ2) is 5.87. The lowest BCUT2D eigenvalue weighted by Gasteiger charge is -2.12. The molecule has 0 spiro atoms. The van der Waals surface area contributed by atoms with E-state index >= 15 is 0 Å². The Morgan fingerprint density at radius 2 is 1.93 bits per heavy atom. The Morgan fingerprint density at radius 1 is 1.33 bits per heavy atom. The van der Waals surface area contributed by atoms with Crippen LogP contribution in [0.15, 0.2) is 27.7 Å². The van der Waals surface area contributed by atoms with Crippen molar-refractivity contribution in [1.82, 2.24) is 0 Å². The molecule has 0 aromatic heterocycles. The third-order valence-corrected chi connectivity index (χ3v) is 1.98. The van der Waals surface area contributed by atoms with Crippen LogP contribution in [-0.4, -0.2) is 16.5 Å². The van der Waals surface area contributed by atoms with Gasteiger partial charge in [-0.25, -0.2) is 9.98 Å². The Bertz CT molecular complexity index is 318. The lowest BCUT2D eigenvalue weighted by atomic mass is 10.1. The van der Waals surface area contributed by atoms with Crippen molar-refractivity contribution in [3.8, 4) is 0 Å². The van der Waals surface area contributed by atoms with Gasteiger partial charge in [0.15, 0.2) is 16.5 Å². The number of rotatable bonds is 3. The highest BCUT2D eigenvalue weighted by molar-refractivity contribution is 7.97. The molecular weight excluding hydrogens is 228 g/mol. The summed E-state index contributed by atoms with van der Waals surface area (Å²) in [5, 5.41) is 0.330. The first kappa shape index (κ1) is 12.2. The summed E-state index contributed by atoms with van der Waals surface area (Å²) in [4.78, 5) is 8.09. The summed E-state index contributed by atoms with van der Waals surface area (Å²) in [6.07, 6.45) is 8.34. The van der Waals surface area contributed by atoms with Crippen molar-refractivity contribution >= 4 is 35.6 Å². The highest BCUT2D eigenvalue weighted by atomic mass is 32.1. The van der Waals surface area contributed by atoms with E-state index in [1.165, 1.54) is 0 Å². The number of hydrogen-bond donors (Lipinski definition) is 4. The van der Waals surface area contributed by atoms with E-state index in [0.29, 0.717) is 0 Å². The van der Waals surface area contributed by atoms with Crippen LogP contribution >= 0.6 is 25.3 Å². The summed E-state index contributed by atoms with van der Waals surface area (Å²) >= 11 is 7.82. The average molecular weight is 241 g/mol. The molecule has 6 heteroatoms. The van der Waals surface area contributed by atoms with E-state index in [9.17, 15) is 0 Å². The van der Waals surface area contributed by atoms with Crippen LogP contribution in [0.1, 0.15) is 12.8 Å². The maximum absolute atomic E-state index is 5.39. The van der Waals surface area contributed by atoms with Crippen LogP contribution in [0.2, 0.25) is 0 Å². The number of amidine groups is 2. The maximum Gasteiger partial charge on any atom is 0.170 e. The van der Waals surface area contributed by atoms with E-state index in [-0.39, 0.29) is 10.3 Å². The standard InChI is InChI=1S/C9H13N4S2/c10-8(14)12-7(13-9(11)15)6-4-2-1-3-5-6/h4-5,7H,1-2H2,(H3,10,12,14)(H3,11,13,15). The number of aliphatic imine (C=N–C) groups is 2. The summed E-state index contributed by atoms with van der Waals surface area (Å²) in [7, 11) is 0. The second-order valence-corrected chi connectivity index (χ2v) is 3.86. The van der Waals surface area contributed by atoms with Crippen molar-refractivity contribution in [2.75, 3.05) is 0 Å². The van der Waals surface area contributed by atoms with E-state index in [1.54, 1.807) is 0 Å². The highest BCUT2D eigenvalue weighted by Crippen LogP contribution is 2.17. The number of nitrogens with two attached hydrogens (primary N) is 2. The van der Waals surface area contributed by atoms with Gasteiger partial charge in [0.05, 0.1) is 0 Å². The fraction of sp³-hybridized carbons (Fsp3) is 0.333. The van der Waals surface area contributed by atoms with Crippen LogP contribution < -0.4 is 11.5 Å². The molecule has 1 rings (SSSR count).